The van der Waals surface area contributed by atoms with E-state index in [0.29, 0.717) is 17.4 Å². The number of nitrogens with zero attached hydrogens (tertiary/aromatic N) is 1. The van der Waals surface area contributed by atoms with Gasteiger partial charge >= 0.3 is 7.82 Å². The molecule has 0 heterocycles. The van der Waals surface area contributed by atoms with Crippen molar-refractivity contribution in [3.63, 3.8) is 0 Å². The van der Waals surface area contributed by atoms with Crippen LogP contribution in [0, 0.1) is 0 Å². The van der Waals surface area contributed by atoms with Crippen molar-refractivity contribution in [2.75, 3.05) is 40.9 Å². The SMILES string of the molecule is CCCCCCCCCCCCCCCCCCCCCCCCCCCCCC/C=C/C(O)C(COP(=O)(O)OCC[N+](C)(C)C)NC(=O)CCCCCCCCCCCCCCCCCCCCCCCCCCCCCCC. The Morgan fingerprint density at radius 1 is 0.407 bits per heavy atom. The first-order chi connectivity index (χ1) is 39.5. The molecule has 0 radical (unpaired) electrons. The summed E-state index contributed by atoms with van der Waals surface area (Å²) in [6.07, 6.45) is 82.3. The minimum absolute atomic E-state index is 0.0656. The molecule has 0 fully saturated rings. The number of carbonyl (C=O) groups excluding carboxylic acids is 1. The van der Waals surface area contributed by atoms with Crippen molar-refractivity contribution >= 4 is 13.7 Å². The summed E-state index contributed by atoms with van der Waals surface area (Å²) in [7, 11) is 1.60. The van der Waals surface area contributed by atoms with Crippen LogP contribution in [0.5, 0.6) is 0 Å². The van der Waals surface area contributed by atoms with Crippen LogP contribution < -0.4 is 5.32 Å². The average Bonchev–Trinajstić information content (AvgIpc) is 3.43. The van der Waals surface area contributed by atoms with Crippen LogP contribution in [0.2, 0.25) is 0 Å². The predicted octanol–water partition coefficient (Wildman–Crippen LogP) is 23.3. The average molecular weight is 1170 g/mol. The normalized spacial score (nSPS) is 13.6. The molecule has 0 aliphatic carbocycles. The van der Waals surface area contributed by atoms with Crippen LogP contribution in [0.4, 0.5) is 0 Å². The van der Waals surface area contributed by atoms with Gasteiger partial charge in [0, 0.05) is 6.42 Å². The zero-order chi connectivity index (χ0) is 59.1. The van der Waals surface area contributed by atoms with E-state index in [-0.39, 0.29) is 19.1 Å². The van der Waals surface area contributed by atoms with Crippen LogP contribution in [-0.4, -0.2) is 73.4 Å². The summed E-state index contributed by atoms with van der Waals surface area (Å²) >= 11 is 0. The Morgan fingerprint density at radius 3 is 0.914 bits per heavy atom. The summed E-state index contributed by atoms with van der Waals surface area (Å²) in [5.74, 6) is -0.166. The Kier molecular flexibility index (Phi) is 63.1. The number of amides is 1. The van der Waals surface area contributed by atoms with Gasteiger partial charge in [-0.15, -0.1) is 0 Å². The molecule has 0 saturated carbocycles. The van der Waals surface area contributed by atoms with Gasteiger partial charge in [0.15, 0.2) is 0 Å². The minimum Gasteiger partial charge on any atom is -0.387 e. The molecule has 0 bridgehead atoms. The number of likely N-dealkylation sites (N-methyl/N-ethyl adjacent to an activating group) is 1. The van der Waals surface area contributed by atoms with Gasteiger partial charge in [-0.1, -0.05) is 379 Å². The number of phosphoric acid groups is 1. The number of nitrogens with one attached hydrogen (secondary N) is 1. The Hall–Kier alpha value is -0.760. The summed E-state index contributed by atoms with van der Waals surface area (Å²) in [5, 5.41) is 14.0. The van der Waals surface area contributed by atoms with Gasteiger partial charge in [0.25, 0.3) is 0 Å². The number of hydrogen-bond donors (Lipinski definition) is 3. The number of carbonyl (C=O) groups is 1. The second-order valence-corrected chi connectivity index (χ2v) is 28.1. The van der Waals surface area contributed by atoms with Gasteiger partial charge in [-0.3, -0.25) is 13.8 Å². The molecule has 3 atom stereocenters. The van der Waals surface area contributed by atoms with Crippen molar-refractivity contribution in [2.24, 2.45) is 0 Å². The van der Waals surface area contributed by atoms with Crippen molar-refractivity contribution in [1.82, 2.24) is 5.32 Å². The van der Waals surface area contributed by atoms with E-state index in [4.69, 9.17) is 9.05 Å². The monoisotopic (exact) mass is 1170 g/mol. The second-order valence-electron chi connectivity index (χ2n) is 26.7. The number of rotatable bonds is 69. The first-order valence-corrected chi connectivity index (χ1v) is 38.1. The highest BCUT2D eigenvalue weighted by molar-refractivity contribution is 7.47. The Morgan fingerprint density at radius 2 is 0.654 bits per heavy atom. The van der Waals surface area contributed by atoms with Crippen LogP contribution in [0.1, 0.15) is 393 Å². The molecule has 0 aromatic heterocycles. The molecule has 3 unspecified atom stereocenters. The maximum Gasteiger partial charge on any atom is 0.472 e. The van der Waals surface area contributed by atoms with Crippen LogP contribution >= 0.6 is 7.82 Å². The van der Waals surface area contributed by atoms with Gasteiger partial charge in [0.1, 0.15) is 13.2 Å². The van der Waals surface area contributed by atoms with Crippen LogP contribution in [0.3, 0.4) is 0 Å². The molecule has 0 spiro atoms. The van der Waals surface area contributed by atoms with Crippen LogP contribution in [-0.2, 0) is 18.4 Å². The summed E-state index contributed by atoms with van der Waals surface area (Å²) < 4.78 is 23.9. The lowest BCUT2D eigenvalue weighted by Crippen LogP contribution is -2.45. The smallest absolute Gasteiger partial charge is 0.387 e. The van der Waals surface area contributed by atoms with E-state index in [1.165, 1.54) is 340 Å². The Labute approximate surface area is 507 Å². The lowest BCUT2D eigenvalue weighted by molar-refractivity contribution is -0.870. The summed E-state index contributed by atoms with van der Waals surface area (Å²) in [4.78, 5) is 23.4. The summed E-state index contributed by atoms with van der Waals surface area (Å²) in [5.41, 5.74) is 0. The maximum atomic E-state index is 13.1. The summed E-state index contributed by atoms with van der Waals surface area (Å²) in [6, 6.07) is -0.844. The summed E-state index contributed by atoms with van der Waals surface area (Å²) in [6.45, 7) is 4.89. The highest BCUT2D eigenvalue weighted by Crippen LogP contribution is 2.43. The van der Waals surface area contributed by atoms with Crippen molar-refractivity contribution < 1.29 is 32.9 Å². The zero-order valence-corrected chi connectivity index (χ0v) is 56.5. The molecular weight excluding hydrogens is 1020 g/mol. The third-order valence-corrected chi connectivity index (χ3v) is 18.2. The molecule has 0 aliphatic rings. The Balaban J connectivity index is 4.00. The lowest BCUT2D eigenvalue weighted by Gasteiger charge is -2.25. The molecule has 484 valence electrons. The molecule has 0 aliphatic heterocycles. The number of phosphoric ester groups is 1. The molecule has 0 aromatic carbocycles. The largest absolute Gasteiger partial charge is 0.472 e. The van der Waals surface area contributed by atoms with E-state index < -0.39 is 20.0 Å². The first kappa shape index (κ1) is 80.2. The molecule has 9 heteroatoms. The zero-order valence-electron chi connectivity index (χ0n) is 55.6. The van der Waals surface area contributed by atoms with Crippen LogP contribution in [0.25, 0.3) is 0 Å². The van der Waals surface area contributed by atoms with E-state index in [0.717, 1.165) is 32.1 Å². The number of aliphatic hydroxyl groups is 1. The number of aliphatic hydroxyl groups excluding tert-OH is 1. The maximum absolute atomic E-state index is 13.1. The fourth-order valence-electron chi connectivity index (χ4n) is 11.6. The molecule has 3 N–H and O–H groups in total. The molecule has 0 rings (SSSR count). The van der Waals surface area contributed by atoms with Crippen molar-refractivity contribution in [1.29, 1.82) is 0 Å². The highest BCUT2D eigenvalue weighted by Gasteiger charge is 2.28. The lowest BCUT2D eigenvalue weighted by atomic mass is 10.0. The van der Waals surface area contributed by atoms with Gasteiger partial charge in [-0.05, 0) is 19.3 Å². The van der Waals surface area contributed by atoms with E-state index >= 15 is 0 Å². The molecular formula is C72H146N2O6P+. The number of allylic oxidation sites excluding steroid dienone is 1. The Bertz CT molecular complexity index is 1320. The fraction of sp³-hybridized carbons (Fsp3) is 0.958. The van der Waals surface area contributed by atoms with E-state index in [1.807, 2.05) is 27.2 Å². The van der Waals surface area contributed by atoms with E-state index in [9.17, 15) is 19.4 Å². The van der Waals surface area contributed by atoms with Crippen molar-refractivity contribution in [3.05, 3.63) is 12.2 Å². The number of unbranched alkanes of at least 4 members (excludes halogenated alkanes) is 56. The number of hydrogen-bond acceptors (Lipinski definition) is 5. The predicted molar refractivity (Wildman–Crippen MR) is 355 cm³/mol. The topological polar surface area (TPSA) is 105 Å². The highest BCUT2D eigenvalue weighted by atomic mass is 31.2. The first-order valence-electron chi connectivity index (χ1n) is 36.6. The minimum atomic E-state index is -4.35. The van der Waals surface area contributed by atoms with Gasteiger partial charge in [0.05, 0.1) is 39.9 Å². The van der Waals surface area contributed by atoms with Gasteiger partial charge in [0.2, 0.25) is 5.91 Å². The van der Waals surface area contributed by atoms with Gasteiger partial charge < -0.3 is 19.8 Å². The van der Waals surface area contributed by atoms with Crippen LogP contribution in [0.15, 0.2) is 12.2 Å². The molecule has 8 nitrogen and oxygen atoms in total. The third-order valence-electron chi connectivity index (χ3n) is 17.3. The van der Waals surface area contributed by atoms with E-state index in [1.54, 1.807) is 6.08 Å². The standard InChI is InChI=1S/C72H145N2O6P/c1-6-8-10-12-14-16-18-20-22-24-26-28-30-32-34-36-38-39-41-43-45-47-49-51-53-55-57-59-61-63-65-71(75)70(69-80-81(77,78)79-68-67-74(3,4)5)73-72(76)66-64-62-60-58-56-54-52-50-48-46-44-42-40-37-35-33-31-29-27-25-23-21-19-17-15-13-11-9-7-2/h63,65,70-71,75H,6-62,64,66-69H2,1-5H3,(H-,73,76,77,78)/p+1/b65-63+. The van der Waals surface area contributed by atoms with Crippen molar-refractivity contribution in [3.8, 4) is 0 Å². The molecule has 0 saturated heterocycles. The van der Waals surface area contributed by atoms with Crippen molar-refractivity contribution in [2.45, 2.75) is 405 Å². The molecule has 81 heavy (non-hydrogen) atoms. The second kappa shape index (κ2) is 63.7. The third kappa shape index (κ3) is 66.6. The van der Waals surface area contributed by atoms with E-state index in [2.05, 4.69) is 19.2 Å². The molecule has 0 aromatic rings. The molecule has 1 amide bonds. The van der Waals surface area contributed by atoms with Gasteiger partial charge in [-0.25, -0.2) is 4.57 Å². The fourth-order valence-corrected chi connectivity index (χ4v) is 12.3. The van der Waals surface area contributed by atoms with Gasteiger partial charge in [-0.2, -0.15) is 0 Å². The quantitative estimate of drug-likeness (QED) is 0.0243. The number of quaternary nitrogens is 1.